The molecule has 2 N–H and O–H groups in total. The summed E-state index contributed by atoms with van der Waals surface area (Å²) in [5.41, 5.74) is 3.45. The summed E-state index contributed by atoms with van der Waals surface area (Å²) in [6.07, 6.45) is 1.42. The SMILES string of the molecule is Cc1[nH]c2ccccc2c1CCNC(=O)C(C)C=O.c1ccc2c(c1)OCO2. The Hall–Kier alpha value is -3.28. The summed E-state index contributed by atoms with van der Waals surface area (Å²) in [7, 11) is 0. The summed E-state index contributed by atoms with van der Waals surface area (Å²) in [5.74, 6) is 0.895. The van der Waals surface area contributed by atoms with Gasteiger partial charge in [-0.2, -0.15) is 0 Å². The Morgan fingerprint density at radius 1 is 1.14 bits per heavy atom. The molecule has 0 saturated heterocycles. The summed E-state index contributed by atoms with van der Waals surface area (Å²) in [4.78, 5) is 25.3. The van der Waals surface area contributed by atoms with Gasteiger partial charge in [0.05, 0.1) is 5.92 Å². The smallest absolute Gasteiger partial charge is 0.231 e. The Morgan fingerprint density at radius 2 is 1.79 bits per heavy atom. The van der Waals surface area contributed by atoms with Crippen LogP contribution in [0.2, 0.25) is 0 Å². The van der Waals surface area contributed by atoms with E-state index in [4.69, 9.17) is 9.47 Å². The number of hydrogen-bond acceptors (Lipinski definition) is 4. The van der Waals surface area contributed by atoms with Crippen LogP contribution in [0.3, 0.4) is 0 Å². The molecular formula is C22H24N2O4. The van der Waals surface area contributed by atoms with Gasteiger partial charge in [0.25, 0.3) is 0 Å². The minimum Gasteiger partial charge on any atom is -0.454 e. The second-order valence-corrected chi connectivity index (χ2v) is 6.59. The maximum atomic E-state index is 11.5. The summed E-state index contributed by atoms with van der Waals surface area (Å²) in [6, 6.07) is 15.7. The number of hydrogen-bond donors (Lipinski definition) is 2. The molecule has 0 radical (unpaired) electrons. The third-order valence-corrected chi connectivity index (χ3v) is 4.60. The van der Waals surface area contributed by atoms with Gasteiger partial charge < -0.3 is 24.6 Å². The molecule has 1 unspecified atom stereocenters. The number of nitrogens with one attached hydrogen (secondary N) is 2. The predicted molar refractivity (Wildman–Crippen MR) is 108 cm³/mol. The van der Waals surface area contributed by atoms with Crippen LogP contribution < -0.4 is 14.8 Å². The van der Waals surface area contributed by atoms with Gasteiger partial charge in [0.2, 0.25) is 12.7 Å². The number of aromatic amines is 1. The molecule has 146 valence electrons. The molecule has 0 bridgehead atoms. The zero-order valence-electron chi connectivity index (χ0n) is 16.0. The van der Waals surface area contributed by atoms with Crippen molar-refractivity contribution in [1.82, 2.24) is 10.3 Å². The second kappa shape index (κ2) is 9.08. The molecule has 0 aliphatic carbocycles. The largest absolute Gasteiger partial charge is 0.454 e. The highest BCUT2D eigenvalue weighted by atomic mass is 16.7. The lowest BCUT2D eigenvalue weighted by Gasteiger charge is -2.07. The molecule has 2 heterocycles. The number of aldehydes is 1. The minimum atomic E-state index is -0.580. The van der Waals surface area contributed by atoms with Gasteiger partial charge in [-0.25, -0.2) is 0 Å². The molecule has 1 amide bonds. The van der Waals surface area contributed by atoms with E-state index in [0.29, 0.717) is 19.6 Å². The standard InChI is InChI=1S/C15H18N2O2.C7H6O2/c1-10(9-18)15(19)16-8-7-12-11(2)17-14-6-4-3-5-13(12)14;1-2-4-7-6(3-1)8-5-9-7/h3-6,9-10,17H,7-8H2,1-2H3,(H,16,19);1-4H,5H2. The molecular weight excluding hydrogens is 356 g/mol. The number of carbonyl (C=O) groups excluding carboxylic acids is 2. The molecule has 0 spiro atoms. The predicted octanol–water partition coefficient (Wildman–Crippen LogP) is 3.39. The molecule has 6 heteroatoms. The number of para-hydroxylation sites is 3. The fourth-order valence-electron chi connectivity index (χ4n) is 3.04. The van der Waals surface area contributed by atoms with Crippen LogP contribution in [0.1, 0.15) is 18.2 Å². The van der Waals surface area contributed by atoms with E-state index in [9.17, 15) is 9.59 Å². The molecule has 3 aromatic rings. The van der Waals surface area contributed by atoms with E-state index in [2.05, 4.69) is 16.4 Å². The molecule has 1 aliphatic rings. The highest BCUT2D eigenvalue weighted by Crippen LogP contribution is 2.30. The van der Waals surface area contributed by atoms with Gasteiger partial charge >= 0.3 is 0 Å². The number of fused-ring (bicyclic) bond motifs is 2. The van der Waals surface area contributed by atoms with Crippen molar-refractivity contribution in [2.45, 2.75) is 20.3 Å². The van der Waals surface area contributed by atoms with Gasteiger partial charge in [-0.1, -0.05) is 30.3 Å². The van der Waals surface area contributed by atoms with E-state index >= 15 is 0 Å². The van der Waals surface area contributed by atoms with Crippen LogP contribution in [0, 0.1) is 12.8 Å². The summed E-state index contributed by atoms with van der Waals surface area (Å²) >= 11 is 0. The number of benzene rings is 2. The molecule has 1 aromatic heterocycles. The molecule has 28 heavy (non-hydrogen) atoms. The number of ether oxygens (including phenoxy) is 2. The maximum Gasteiger partial charge on any atom is 0.231 e. The van der Waals surface area contributed by atoms with Crippen molar-refractivity contribution < 1.29 is 19.1 Å². The van der Waals surface area contributed by atoms with E-state index in [0.717, 1.165) is 29.1 Å². The zero-order chi connectivity index (χ0) is 19.9. The first kappa shape index (κ1) is 19.5. The van der Waals surface area contributed by atoms with Gasteiger partial charge in [0.1, 0.15) is 6.29 Å². The fraction of sp³-hybridized carbons (Fsp3) is 0.273. The van der Waals surface area contributed by atoms with Crippen molar-refractivity contribution in [1.29, 1.82) is 0 Å². The highest BCUT2D eigenvalue weighted by molar-refractivity contribution is 5.91. The second-order valence-electron chi connectivity index (χ2n) is 6.59. The molecule has 4 rings (SSSR count). The Bertz CT molecular complexity index is 941. The Morgan fingerprint density at radius 3 is 2.46 bits per heavy atom. The first-order chi connectivity index (χ1) is 13.6. The molecule has 2 aromatic carbocycles. The summed E-state index contributed by atoms with van der Waals surface area (Å²) < 4.78 is 10.2. The number of carbonyl (C=O) groups is 2. The summed E-state index contributed by atoms with van der Waals surface area (Å²) in [5, 5.41) is 3.97. The minimum absolute atomic E-state index is 0.215. The molecule has 1 aliphatic heterocycles. The van der Waals surface area contributed by atoms with Crippen molar-refractivity contribution in [2.75, 3.05) is 13.3 Å². The lowest BCUT2D eigenvalue weighted by atomic mass is 10.1. The maximum absolute atomic E-state index is 11.5. The van der Waals surface area contributed by atoms with Crippen molar-refractivity contribution in [3.8, 4) is 11.5 Å². The van der Waals surface area contributed by atoms with Crippen LogP contribution in [0.4, 0.5) is 0 Å². The quantitative estimate of drug-likeness (QED) is 0.525. The average Bonchev–Trinajstić information content (AvgIpc) is 3.32. The lowest BCUT2D eigenvalue weighted by molar-refractivity contribution is -0.128. The molecule has 6 nitrogen and oxygen atoms in total. The van der Waals surface area contributed by atoms with E-state index in [1.807, 2.05) is 49.4 Å². The van der Waals surface area contributed by atoms with E-state index in [1.165, 1.54) is 10.9 Å². The fourth-order valence-corrected chi connectivity index (χ4v) is 3.04. The zero-order valence-corrected chi connectivity index (χ0v) is 16.0. The van der Waals surface area contributed by atoms with Crippen molar-refractivity contribution in [2.24, 2.45) is 5.92 Å². The van der Waals surface area contributed by atoms with Crippen molar-refractivity contribution >= 4 is 23.1 Å². The van der Waals surface area contributed by atoms with Crippen LogP contribution in [0.15, 0.2) is 48.5 Å². The van der Waals surface area contributed by atoms with Crippen LogP contribution in [-0.4, -0.2) is 30.5 Å². The van der Waals surface area contributed by atoms with Crippen LogP contribution in [-0.2, 0) is 16.0 Å². The molecule has 0 saturated carbocycles. The van der Waals surface area contributed by atoms with Crippen LogP contribution in [0.5, 0.6) is 11.5 Å². The average molecular weight is 380 g/mol. The summed E-state index contributed by atoms with van der Waals surface area (Å²) in [6.45, 7) is 4.53. The lowest BCUT2D eigenvalue weighted by Crippen LogP contribution is -2.31. The van der Waals surface area contributed by atoms with E-state index in [-0.39, 0.29) is 5.91 Å². The van der Waals surface area contributed by atoms with Gasteiger partial charge in [-0.05, 0) is 44.0 Å². The topological polar surface area (TPSA) is 80.4 Å². The van der Waals surface area contributed by atoms with Gasteiger partial charge in [0, 0.05) is 23.1 Å². The van der Waals surface area contributed by atoms with Gasteiger partial charge in [-0.15, -0.1) is 0 Å². The van der Waals surface area contributed by atoms with E-state index < -0.39 is 5.92 Å². The van der Waals surface area contributed by atoms with Crippen LogP contribution >= 0.6 is 0 Å². The normalized spacial score (nSPS) is 12.8. The number of aryl methyl sites for hydroxylation is 1. The Balaban J connectivity index is 0.000000206. The van der Waals surface area contributed by atoms with Crippen molar-refractivity contribution in [3.63, 3.8) is 0 Å². The monoisotopic (exact) mass is 380 g/mol. The number of H-pyrrole nitrogens is 1. The number of aromatic nitrogens is 1. The first-order valence-corrected chi connectivity index (χ1v) is 9.24. The van der Waals surface area contributed by atoms with Gasteiger partial charge in [0.15, 0.2) is 11.5 Å². The van der Waals surface area contributed by atoms with Crippen LogP contribution in [0.25, 0.3) is 10.9 Å². The Labute approximate surface area is 163 Å². The number of amides is 1. The third kappa shape index (κ3) is 4.52. The first-order valence-electron chi connectivity index (χ1n) is 9.24. The number of rotatable bonds is 5. The molecule has 1 atom stereocenters. The Kier molecular flexibility index (Phi) is 6.32. The third-order valence-electron chi connectivity index (χ3n) is 4.60. The van der Waals surface area contributed by atoms with E-state index in [1.54, 1.807) is 6.92 Å². The highest BCUT2D eigenvalue weighted by Gasteiger charge is 2.12. The van der Waals surface area contributed by atoms with Gasteiger partial charge in [-0.3, -0.25) is 4.79 Å². The molecule has 0 fully saturated rings. The van der Waals surface area contributed by atoms with Crippen molar-refractivity contribution in [3.05, 3.63) is 59.8 Å².